The summed E-state index contributed by atoms with van der Waals surface area (Å²) in [7, 11) is 1.61. The first-order valence-corrected chi connectivity index (χ1v) is 7.09. The molecule has 1 aliphatic heterocycles. The molecule has 0 aliphatic carbocycles. The number of amides is 2. The number of primary amides is 1. The van der Waals surface area contributed by atoms with Crippen molar-refractivity contribution in [1.82, 2.24) is 4.90 Å². The second-order valence-corrected chi connectivity index (χ2v) is 5.25. The lowest BCUT2D eigenvalue weighted by molar-refractivity contribution is 0.0766. The SMILES string of the molecule is COc1ccc(CN2Cc3cc(OC(N)=O)ccc3C2=O)cc1. The van der Waals surface area contributed by atoms with Crippen LogP contribution in [-0.2, 0) is 13.1 Å². The first-order valence-electron chi connectivity index (χ1n) is 7.09. The highest BCUT2D eigenvalue weighted by atomic mass is 16.5. The molecule has 0 radical (unpaired) electrons. The Kier molecular flexibility index (Phi) is 3.89. The fourth-order valence-electron chi connectivity index (χ4n) is 2.62. The van der Waals surface area contributed by atoms with Gasteiger partial charge in [0.05, 0.1) is 7.11 Å². The molecule has 0 bridgehead atoms. The van der Waals surface area contributed by atoms with E-state index < -0.39 is 6.09 Å². The van der Waals surface area contributed by atoms with Gasteiger partial charge in [0.15, 0.2) is 0 Å². The quantitative estimate of drug-likeness (QED) is 0.939. The minimum atomic E-state index is -0.871. The van der Waals surface area contributed by atoms with E-state index in [9.17, 15) is 9.59 Å². The molecule has 6 nitrogen and oxygen atoms in total. The van der Waals surface area contributed by atoms with Crippen molar-refractivity contribution < 1.29 is 19.1 Å². The summed E-state index contributed by atoms with van der Waals surface area (Å²) < 4.78 is 9.97. The van der Waals surface area contributed by atoms with E-state index in [1.165, 1.54) is 0 Å². The molecule has 0 spiro atoms. The third-order valence-electron chi connectivity index (χ3n) is 3.71. The van der Waals surface area contributed by atoms with Crippen molar-refractivity contribution in [2.24, 2.45) is 5.73 Å². The van der Waals surface area contributed by atoms with Gasteiger partial charge in [-0.2, -0.15) is 0 Å². The van der Waals surface area contributed by atoms with Crippen molar-refractivity contribution in [3.05, 3.63) is 59.2 Å². The standard InChI is InChI=1S/C17H16N2O4/c1-22-13-4-2-11(3-5-13)9-19-10-12-8-14(23-17(18)21)6-7-15(12)16(19)20/h2-8H,9-10H2,1H3,(H2,18,21). The van der Waals surface area contributed by atoms with E-state index >= 15 is 0 Å². The van der Waals surface area contributed by atoms with Gasteiger partial charge in [0.25, 0.3) is 5.91 Å². The summed E-state index contributed by atoms with van der Waals surface area (Å²) in [4.78, 5) is 25.0. The Morgan fingerprint density at radius 1 is 1.17 bits per heavy atom. The van der Waals surface area contributed by atoms with Gasteiger partial charge in [0.2, 0.25) is 0 Å². The van der Waals surface area contributed by atoms with Crippen molar-refractivity contribution in [1.29, 1.82) is 0 Å². The predicted octanol–water partition coefficient (Wildman–Crippen LogP) is 2.31. The van der Waals surface area contributed by atoms with Crippen molar-refractivity contribution in [3.63, 3.8) is 0 Å². The Morgan fingerprint density at radius 2 is 1.87 bits per heavy atom. The van der Waals surface area contributed by atoms with Crippen LogP contribution in [0.3, 0.4) is 0 Å². The second kappa shape index (κ2) is 6.00. The normalized spacial score (nSPS) is 12.9. The van der Waals surface area contributed by atoms with E-state index in [1.54, 1.807) is 30.2 Å². The summed E-state index contributed by atoms with van der Waals surface area (Å²) in [5.74, 6) is 1.08. The lowest BCUT2D eigenvalue weighted by Gasteiger charge is -2.15. The van der Waals surface area contributed by atoms with Crippen LogP contribution in [-0.4, -0.2) is 24.0 Å². The molecular formula is C17H16N2O4. The highest BCUT2D eigenvalue weighted by molar-refractivity contribution is 5.98. The first-order chi connectivity index (χ1) is 11.1. The number of fused-ring (bicyclic) bond motifs is 1. The Hall–Kier alpha value is -3.02. The van der Waals surface area contributed by atoms with Crippen LogP contribution in [0.1, 0.15) is 21.5 Å². The van der Waals surface area contributed by atoms with Gasteiger partial charge in [-0.1, -0.05) is 12.1 Å². The highest BCUT2D eigenvalue weighted by Crippen LogP contribution is 2.28. The number of hydrogen-bond acceptors (Lipinski definition) is 4. The Bertz CT molecular complexity index is 756. The van der Waals surface area contributed by atoms with Crippen LogP contribution < -0.4 is 15.2 Å². The minimum absolute atomic E-state index is 0.0403. The molecular weight excluding hydrogens is 296 g/mol. The number of nitrogens with two attached hydrogens (primary N) is 1. The average molecular weight is 312 g/mol. The zero-order valence-electron chi connectivity index (χ0n) is 12.6. The molecule has 1 heterocycles. The van der Waals surface area contributed by atoms with Gasteiger partial charge < -0.3 is 20.1 Å². The first kappa shape index (κ1) is 14.9. The number of methoxy groups -OCH3 is 1. The zero-order chi connectivity index (χ0) is 16.4. The number of carbonyl (C=O) groups excluding carboxylic acids is 2. The van der Waals surface area contributed by atoms with Gasteiger partial charge in [-0.3, -0.25) is 4.79 Å². The summed E-state index contributed by atoms with van der Waals surface area (Å²) >= 11 is 0. The van der Waals surface area contributed by atoms with E-state index in [1.807, 2.05) is 24.3 Å². The van der Waals surface area contributed by atoms with Crippen LogP contribution in [0.4, 0.5) is 4.79 Å². The van der Waals surface area contributed by atoms with E-state index in [0.29, 0.717) is 24.4 Å². The lowest BCUT2D eigenvalue weighted by Crippen LogP contribution is -2.23. The van der Waals surface area contributed by atoms with Crippen molar-refractivity contribution in [3.8, 4) is 11.5 Å². The Balaban J connectivity index is 1.75. The third-order valence-corrected chi connectivity index (χ3v) is 3.71. The fourth-order valence-corrected chi connectivity index (χ4v) is 2.62. The van der Waals surface area contributed by atoms with Crippen molar-refractivity contribution in [2.75, 3.05) is 7.11 Å². The maximum atomic E-state index is 12.4. The van der Waals surface area contributed by atoms with Gasteiger partial charge in [0, 0.05) is 18.7 Å². The van der Waals surface area contributed by atoms with Crippen LogP contribution in [0.2, 0.25) is 0 Å². The fraction of sp³-hybridized carbons (Fsp3) is 0.176. The largest absolute Gasteiger partial charge is 0.497 e. The molecule has 2 N–H and O–H groups in total. The molecule has 23 heavy (non-hydrogen) atoms. The third kappa shape index (κ3) is 3.11. The van der Waals surface area contributed by atoms with Crippen molar-refractivity contribution >= 4 is 12.0 Å². The van der Waals surface area contributed by atoms with E-state index in [0.717, 1.165) is 16.9 Å². The molecule has 118 valence electrons. The molecule has 6 heteroatoms. The van der Waals surface area contributed by atoms with Crippen molar-refractivity contribution in [2.45, 2.75) is 13.1 Å². The van der Waals surface area contributed by atoms with Gasteiger partial charge >= 0.3 is 6.09 Å². The number of carbonyl (C=O) groups is 2. The highest BCUT2D eigenvalue weighted by Gasteiger charge is 2.27. The van der Waals surface area contributed by atoms with Gasteiger partial charge in [-0.25, -0.2) is 4.79 Å². The predicted molar refractivity (Wildman–Crippen MR) is 83.2 cm³/mol. The van der Waals surface area contributed by atoms with Gasteiger partial charge in [-0.15, -0.1) is 0 Å². The molecule has 2 amide bonds. The Morgan fingerprint density at radius 3 is 2.52 bits per heavy atom. The molecule has 2 aromatic carbocycles. The molecule has 2 aromatic rings. The Labute approximate surface area is 133 Å². The van der Waals surface area contributed by atoms with Crippen LogP contribution in [0.25, 0.3) is 0 Å². The van der Waals surface area contributed by atoms with Crippen LogP contribution >= 0.6 is 0 Å². The molecule has 0 aromatic heterocycles. The van der Waals surface area contributed by atoms with Gasteiger partial charge in [0.1, 0.15) is 11.5 Å². The summed E-state index contributed by atoms with van der Waals surface area (Å²) in [6.07, 6.45) is -0.871. The summed E-state index contributed by atoms with van der Waals surface area (Å²) in [6, 6.07) is 12.5. The maximum absolute atomic E-state index is 12.4. The lowest BCUT2D eigenvalue weighted by atomic mass is 10.1. The summed E-state index contributed by atoms with van der Waals surface area (Å²) in [5.41, 5.74) is 7.46. The number of ether oxygens (including phenoxy) is 2. The molecule has 3 rings (SSSR count). The number of benzene rings is 2. The number of hydrogen-bond donors (Lipinski definition) is 1. The topological polar surface area (TPSA) is 81.9 Å². The molecule has 0 atom stereocenters. The van der Waals surface area contributed by atoms with Gasteiger partial charge in [-0.05, 0) is 41.5 Å². The molecule has 0 saturated heterocycles. The maximum Gasteiger partial charge on any atom is 0.409 e. The molecule has 1 aliphatic rings. The molecule has 0 fully saturated rings. The van der Waals surface area contributed by atoms with Crippen LogP contribution in [0.15, 0.2) is 42.5 Å². The van der Waals surface area contributed by atoms with Crippen LogP contribution in [0.5, 0.6) is 11.5 Å². The monoisotopic (exact) mass is 312 g/mol. The average Bonchev–Trinajstić information content (AvgIpc) is 2.83. The molecule has 0 unspecified atom stereocenters. The smallest absolute Gasteiger partial charge is 0.409 e. The summed E-state index contributed by atoms with van der Waals surface area (Å²) in [6.45, 7) is 0.972. The van der Waals surface area contributed by atoms with E-state index in [2.05, 4.69) is 0 Å². The summed E-state index contributed by atoms with van der Waals surface area (Å²) in [5, 5.41) is 0. The molecule has 0 saturated carbocycles. The number of rotatable bonds is 4. The minimum Gasteiger partial charge on any atom is -0.497 e. The van der Waals surface area contributed by atoms with Crippen LogP contribution in [0, 0.1) is 0 Å². The van der Waals surface area contributed by atoms with E-state index in [-0.39, 0.29) is 5.91 Å². The number of nitrogens with zero attached hydrogens (tertiary/aromatic N) is 1. The zero-order valence-corrected chi connectivity index (χ0v) is 12.6. The second-order valence-electron chi connectivity index (χ2n) is 5.25. The van der Waals surface area contributed by atoms with E-state index in [4.69, 9.17) is 15.2 Å².